The Labute approximate surface area is 215 Å². The average molecular weight is 489 g/mol. The summed E-state index contributed by atoms with van der Waals surface area (Å²) in [7, 11) is 0. The van der Waals surface area contributed by atoms with Crippen molar-refractivity contribution in [3.05, 3.63) is 90.4 Å². The Balaban J connectivity index is 1.38. The maximum atomic E-state index is 4.91. The number of hydrazone groups is 1. The SMILES string of the molecule is Cc1nn(-c2ccccc2)c(N2CCCCC2)c1/C=N\Nc1nc(-c2ccncc2)nc2ccccc12. The molecule has 0 aliphatic carbocycles. The van der Waals surface area contributed by atoms with Gasteiger partial charge in [-0.15, -0.1) is 0 Å². The summed E-state index contributed by atoms with van der Waals surface area (Å²) >= 11 is 0. The van der Waals surface area contributed by atoms with Crippen molar-refractivity contribution in [1.29, 1.82) is 0 Å². The average Bonchev–Trinajstić information content (AvgIpc) is 3.30. The van der Waals surface area contributed by atoms with Crippen LogP contribution in [0, 0.1) is 6.92 Å². The van der Waals surface area contributed by atoms with Crippen LogP contribution in [-0.4, -0.2) is 44.0 Å². The molecule has 3 aromatic heterocycles. The first-order valence-electron chi connectivity index (χ1n) is 12.6. The number of anilines is 2. The van der Waals surface area contributed by atoms with Crippen molar-refractivity contribution in [3.63, 3.8) is 0 Å². The van der Waals surface area contributed by atoms with Crippen LogP contribution in [-0.2, 0) is 0 Å². The van der Waals surface area contributed by atoms with E-state index >= 15 is 0 Å². The first-order valence-corrected chi connectivity index (χ1v) is 12.6. The molecule has 1 aliphatic heterocycles. The first kappa shape index (κ1) is 22.8. The molecule has 0 bridgehead atoms. The summed E-state index contributed by atoms with van der Waals surface area (Å²) < 4.78 is 2.05. The van der Waals surface area contributed by atoms with Gasteiger partial charge in [-0.2, -0.15) is 10.2 Å². The van der Waals surface area contributed by atoms with Crippen molar-refractivity contribution in [3.8, 4) is 17.1 Å². The van der Waals surface area contributed by atoms with Crippen LogP contribution in [0.25, 0.3) is 28.0 Å². The maximum absolute atomic E-state index is 4.91. The van der Waals surface area contributed by atoms with Gasteiger partial charge in [0, 0.05) is 36.4 Å². The Hall–Kier alpha value is -4.59. The second-order valence-electron chi connectivity index (χ2n) is 9.14. The number of aromatic nitrogens is 5. The van der Waals surface area contributed by atoms with Crippen LogP contribution in [0.1, 0.15) is 30.5 Å². The highest BCUT2D eigenvalue weighted by molar-refractivity contribution is 5.92. The molecule has 4 heterocycles. The number of hydrogen-bond donors (Lipinski definition) is 1. The number of hydrogen-bond acceptors (Lipinski definition) is 7. The van der Waals surface area contributed by atoms with Crippen LogP contribution < -0.4 is 10.3 Å². The lowest BCUT2D eigenvalue weighted by Gasteiger charge is -2.29. The molecular weight excluding hydrogens is 460 g/mol. The summed E-state index contributed by atoms with van der Waals surface area (Å²) in [4.78, 5) is 16.1. The zero-order chi connectivity index (χ0) is 25.0. The molecule has 6 rings (SSSR count). The molecule has 1 aliphatic rings. The number of pyridine rings is 1. The Morgan fingerprint density at radius 1 is 0.865 bits per heavy atom. The van der Waals surface area contributed by atoms with Gasteiger partial charge < -0.3 is 4.90 Å². The Kier molecular flexibility index (Phi) is 6.29. The van der Waals surface area contributed by atoms with Gasteiger partial charge in [-0.05, 0) is 62.6 Å². The predicted molar refractivity (Wildman–Crippen MR) is 148 cm³/mol. The van der Waals surface area contributed by atoms with E-state index in [9.17, 15) is 0 Å². The molecule has 0 amide bonds. The molecule has 8 heteroatoms. The minimum atomic E-state index is 0.626. The summed E-state index contributed by atoms with van der Waals surface area (Å²) in [6.07, 6.45) is 8.98. The van der Waals surface area contributed by atoms with Gasteiger partial charge in [0.15, 0.2) is 11.6 Å². The van der Waals surface area contributed by atoms with E-state index in [2.05, 4.69) is 32.5 Å². The van der Waals surface area contributed by atoms with Gasteiger partial charge in [0.2, 0.25) is 0 Å². The minimum Gasteiger partial charge on any atom is -0.356 e. The van der Waals surface area contributed by atoms with Crippen LogP contribution in [0.4, 0.5) is 11.6 Å². The quantitative estimate of drug-likeness (QED) is 0.247. The number of nitrogens with one attached hydrogen (secondary N) is 1. The van der Waals surface area contributed by atoms with Crippen LogP contribution in [0.3, 0.4) is 0 Å². The van der Waals surface area contributed by atoms with Crippen molar-refractivity contribution in [2.45, 2.75) is 26.2 Å². The van der Waals surface area contributed by atoms with Crippen LogP contribution in [0.5, 0.6) is 0 Å². The molecule has 8 nitrogen and oxygen atoms in total. The fraction of sp³-hybridized carbons (Fsp3) is 0.207. The van der Waals surface area contributed by atoms with Crippen molar-refractivity contribution in [2.24, 2.45) is 5.10 Å². The van der Waals surface area contributed by atoms with E-state index in [1.807, 2.05) is 72.4 Å². The zero-order valence-corrected chi connectivity index (χ0v) is 20.7. The van der Waals surface area contributed by atoms with Gasteiger partial charge >= 0.3 is 0 Å². The van der Waals surface area contributed by atoms with Gasteiger partial charge in [0.1, 0.15) is 5.82 Å². The summed E-state index contributed by atoms with van der Waals surface area (Å²) in [5.41, 5.74) is 7.93. The number of benzene rings is 2. The van der Waals surface area contributed by atoms with Crippen LogP contribution in [0.15, 0.2) is 84.2 Å². The van der Waals surface area contributed by atoms with E-state index in [4.69, 9.17) is 15.1 Å². The molecule has 0 unspecified atom stereocenters. The maximum Gasteiger partial charge on any atom is 0.162 e. The lowest BCUT2D eigenvalue weighted by Crippen LogP contribution is -2.32. The zero-order valence-electron chi connectivity index (χ0n) is 20.7. The van der Waals surface area contributed by atoms with Gasteiger partial charge in [-0.3, -0.25) is 10.4 Å². The standard InChI is InChI=1S/C29H28N8/c1-21-25(29(36-18-8-3-9-19-36)37(35-21)23-10-4-2-5-11-23)20-31-34-28-24-12-6-7-13-26(24)32-27(33-28)22-14-16-30-17-15-22/h2,4-7,10-17,20H,3,8-9,18-19H2,1H3,(H,32,33,34)/b31-20-. The third-order valence-electron chi connectivity index (χ3n) is 6.64. The Bertz CT molecular complexity index is 1540. The molecule has 1 fully saturated rings. The number of para-hydroxylation sites is 2. The summed E-state index contributed by atoms with van der Waals surface area (Å²) in [5.74, 6) is 2.36. The predicted octanol–water partition coefficient (Wildman–Crippen LogP) is 5.62. The summed E-state index contributed by atoms with van der Waals surface area (Å²) in [5, 5.41) is 10.5. The van der Waals surface area contributed by atoms with E-state index in [0.717, 1.165) is 52.3 Å². The highest BCUT2D eigenvalue weighted by Gasteiger charge is 2.22. The molecule has 1 saturated heterocycles. The van der Waals surface area contributed by atoms with Crippen molar-refractivity contribution < 1.29 is 0 Å². The first-order chi connectivity index (χ1) is 18.3. The van der Waals surface area contributed by atoms with Crippen LogP contribution in [0.2, 0.25) is 0 Å². The number of fused-ring (bicyclic) bond motifs is 1. The van der Waals surface area contributed by atoms with Gasteiger partial charge in [-0.25, -0.2) is 14.6 Å². The van der Waals surface area contributed by atoms with Gasteiger partial charge in [0.25, 0.3) is 0 Å². The van der Waals surface area contributed by atoms with Crippen molar-refractivity contribution >= 4 is 28.8 Å². The topological polar surface area (TPSA) is 84.1 Å². The molecule has 1 N–H and O–H groups in total. The van der Waals surface area contributed by atoms with Crippen LogP contribution >= 0.6 is 0 Å². The van der Waals surface area contributed by atoms with E-state index in [1.54, 1.807) is 12.4 Å². The number of nitrogens with zero attached hydrogens (tertiary/aromatic N) is 7. The highest BCUT2D eigenvalue weighted by Crippen LogP contribution is 2.29. The molecule has 2 aromatic carbocycles. The number of aryl methyl sites for hydroxylation is 1. The van der Waals surface area contributed by atoms with Crippen molar-refractivity contribution in [1.82, 2.24) is 24.7 Å². The summed E-state index contributed by atoms with van der Waals surface area (Å²) in [6, 6.07) is 22.1. The molecule has 37 heavy (non-hydrogen) atoms. The van der Waals surface area contributed by atoms with Crippen molar-refractivity contribution in [2.75, 3.05) is 23.4 Å². The molecule has 0 atom stereocenters. The summed E-state index contributed by atoms with van der Waals surface area (Å²) in [6.45, 7) is 4.06. The monoisotopic (exact) mass is 488 g/mol. The fourth-order valence-corrected chi connectivity index (χ4v) is 4.79. The smallest absolute Gasteiger partial charge is 0.162 e. The molecule has 0 spiro atoms. The lowest BCUT2D eigenvalue weighted by molar-refractivity contribution is 0.567. The fourth-order valence-electron chi connectivity index (χ4n) is 4.79. The lowest BCUT2D eigenvalue weighted by atomic mass is 10.1. The Morgan fingerprint density at radius 2 is 1.62 bits per heavy atom. The minimum absolute atomic E-state index is 0.626. The third-order valence-corrected chi connectivity index (χ3v) is 6.64. The molecule has 0 radical (unpaired) electrons. The van der Waals surface area contributed by atoms with E-state index in [0.29, 0.717) is 11.6 Å². The third kappa shape index (κ3) is 4.65. The molecule has 5 aromatic rings. The van der Waals surface area contributed by atoms with E-state index < -0.39 is 0 Å². The number of rotatable bonds is 6. The molecular formula is C29H28N8. The second kappa shape index (κ2) is 10.2. The molecule has 0 saturated carbocycles. The molecule has 184 valence electrons. The largest absolute Gasteiger partial charge is 0.356 e. The van der Waals surface area contributed by atoms with E-state index in [-0.39, 0.29) is 0 Å². The van der Waals surface area contributed by atoms with E-state index in [1.165, 1.54) is 19.3 Å². The Morgan fingerprint density at radius 3 is 2.43 bits per heavy atom. The normalized spacial score (nSPS) is 13.9. The van der Waals surface area contributed by atoms with Gasteiger partial charge in [0.05, 0.1) is 28.7 Å². The second-order valence-corrected chi connectivity index (χ2v) is 9.14. The number of piperidine rings is 1. The van der Waals surface area contributed by atoms with Gasteiger partial charge in [-0.1, -0.05) is 30.3 Å². The highest BCUT2D eigenvalue weighted by atomic mass is 15.4.